The average Bonchev–Trinajstić information content (AvgIpc) is 2.38. The van der Waals surface area contributed by atoms with Crippen molar-refractivity contribution in [3.8, 4) is 0 Å². The summed E-state index contributed by atoms with van der Waals surface area (Å²) in [5, 5.41) is 3.15. The Morgan fingerprint density at radius 1 is 1.38 bits per heavy atom. The van der Waals surface area contributed by atoms with Crippen molar-refractivity contribution in [2.24, 2.45) is 11.1 Å². The maximum absolute atomic E-state index is 12.6. The van der Waals surface area contributed by atoms with Gasteiger partial charge in [0.15, 0.2) is 0 Å². The Morgan fingerprint density at radius 3 is 2.62 bits per heavy atom. The Bertz CT molecular complexity index is 513. The molecule has 2 atom stereocenters. The molecule has 0 aromatic heterocycles. The second-order valence-electron chi connectivity index (χ2n) is 6.71. The fourth-order valence-electron chi connectivity index (χ4n) is 3.20. The lowest BCUT2D eigenvalue weighted by atomic mass is 9.75. The van der Waals surface area contributed by atoms with Gasteiger partial charge in [-0.2, -0.15) is 0 Å². The largest absolute Gasteiger partial charge is 0.392 e. The van der Waals surface area contributed by atoms with Crippen molar-refractivity contribution in [1.29, 1.82) is 0 Å². The third-order valence-electron chi connectivity index (χ3n) is 4.23. The second-order valence-corrected chi connectivity index (χ2v) is 7.18. The summed E-state index contributed by atoms with van der Waals surface area (Å²) in [5.41, 5.74) is 6.95. The van der Waals surface area contributed by atoms with Gasteiger partial charge in [-0.25, -0.2) is 0 Å². The van der Waals surface area contributed by atoms with E-state index >= 15 is 0 Å². The first-order valence-electron chi connectivity index (χ1n) is 7.54. The van der Waals surface area contributed by atoms with Crippen LogP contribution in [0.3, 0.4) is 0 Å². The normalized spacial score (nSPS) is 22.3. The van der Waals surface area contributed by atoms with Gasteiger partial charge in [-0.15, -0.1) is 0 Å². The predicted molar refractivity (Wildman–Crippen MR) is 90.1 cm³/mol. The summed E-state index contributed by atoms with van der Waals surface area (Å²) < 4.78 is 0. The smallest absolute Gasteiger partial charge is 0.234 e. The first-order valence-corrected chi connectivity index (χ1v) is 7.94. The monoisotopic (exact) mass is 304 g/mol. The predicted octanol–water partition coefficient (Wildman–Crippen LogP) is 3.14. The number of benzene rings is 1. The quantitative estimate of drug-likeness (QED) is 0.840. The molecule has 2 rings (SSSR count). The molecule has 0 heterocycles. The van der Waals surface area contributed by atoms with Crippen molar-refractivity contribution in [3.05, 3.63) is 35.9 Å². The molecule has 114 valence electrons. The van der Waals surface area contributed by atoms with Crippen LogP contribution in [0.4, 0.5) is 0 Å². The first-order chi connectivity index (χ1) is 9.89. The first kappa shape index (κ1) is 16.0. The molecule has 0 aliphatic heterocycles. The minimum Gasteiger partial charge on any atom is -0.392 e. The summed E-state index contributed by atoms with van der Waals surface area (Å²) in [4.78, 5) is 12.8. The van der Waals surface area contributed by atoms with E-state index in [-0.39, 0.29) is 16.9 Å². The number of carbonyl (C=O) groups is 1. The maximum atomic E-state index is 12.6. The Morgan fingerprint density at radius 2 is 2.05 bits per heavy atom. The van der Waals surface area contributed by atoms with E-state index < -0.39 is 5.92 Å². The van der Waals surface area contributed by atoms with E-state index in [2.05, 4.69) is 19.2 Å². The number of carbonyl (C=O) groups excluding carboxylic acids is 1. The zero-order valence-electron chi connectivity index (χ0n) is 12.8. The second kappa shape index (κ2) is 6.56. The summed E-state index contributed by atoms with van der Waals surface area (Å²) in [6, 6.07) is 9.74. The highest BCUT2D eigenvalue weighted by atomic mass is 32.1. The third-order valence-corrected chi connectivity index (χ3v) is 4.47. The number of nitrogens with two attached hydrogens (primary N) is 1. The van der Waals surface area contributed by atoms with E-state index in [1.54, 1.807) is 0 Å². The average molecular weight is 304 g/mol. The van der Waals surface area contributed by atoms with Gasteiger partial charge < -0.3 is 11.1 Å². The van der Waals surface area contributed by atoms with Crippen molar-refractivity contribution >= 4 is 23.1 Å². The highest BCUT2D eigenvalue weighted by Gasteiger charge is 2.31. The molecule has 1 saturated carbocycles. The summed E-state index contributed by atoms with van der Waals surface area (Å²) in [6.07, 6.45) is 4.42. The van der Waals surface area contributed by atoms with Gasteiger partial charge >= 0.3 is 0 Å². The zero-order chi connectivity index (χ0) is 15.5. The summed E-state index contributed by atoms with van der Waals surface area (Å²) >= 11 is 5.10. The van der Waals surface area contributed by atoms with Crippen LogP contribution in [-0.2, 0) is 4.79 Å². The molecular formula is C17H24N2OS. The minimum atomic E-state index is -0.536. The van der Waals surface area contributed by atoms with Crippen LogP contribution in [-0.4, -0.2) is 16.9 Å². The van der Waals surface area contributed by atoms with E-state index in [1.807, 2.05) is 30.3 Å². The Labute approximate surface area is 132 Å². The number of amides is 1. The van der Waals surface area contributed by atoms with Crippen molar-refractivity contribution in [3.63, 3.8) is 0 Å². The van der Waals surface area contributed by atoms with Crippen LogP contribution in [0.2, 0.25) is 0 Å². The fraction of sp³-hybridized carbons (Fsp3) is 0.529. The summed E-state index contributed by atoms with van der Waals surface area (Å²) in [5.74, 6) is -0.609. The molecule has 4 heteroatoms. The molecule has 1 aliphatic rings. The highest BCUT2D eigenvalue weighted by Crippen LogP contribution is 2.35. The molecule has 3 nitrogen and oxygen atoms in total. The molecule has 1 fully saturated rings. The van der Waals surface area contributed by atoms with Gasteiger partial charge in [0.2, 0.25) is 5.91 Å². The Kier molecular flexibility index (Phi) is 4.99. The highest BCUT2D eigenvalue weighted by molar-refractivity contribution is 7.80. The fourth-order valence-corrected chi connectivity index (χ4v) is 3.44. The molecular weight excluding hydrogens is 280 g/mol. The van der Waals surface area contributed by atoms with Gasteiger partial charge in [0.25, 0.3) is 0 Å². The molecule has 0 saturated heterocycles. The molecule has 1 aliphatic carbocycles. The van der Waals surface area contributed by atoms with E-state index in [4.69, 9.17) is 18.0 Å². The standard InChI is InChI=1S/C17H24N2OS/c1-17(2)10-6-9-13(11-17)19-16(20)14(15(18)21)12-7-4-3-5-8-12/h3-5,7-8,13-14H,6,9-11H2,1-2H3,(H2,18,21)(H,19,20). The van der Waals surface area contributed by atoms with Crippen molar-refractivity contribution in [1.82, 2.24) is 5.32 Å². The number of hydrogen-bond acceptors (Lipinski definition) is 2. The number of nitrogens with one attached hydrogen (secondary N) is 1. The zero-order valence-corrected chi connectivity index (χ0v) is 13.6. The topological polar surface area (TPSA) is 55.1 Å². The Hall–Kier alpha value is -1.42. The van der Waals surface area contributed by atoms with Gasteiger partial charge in [0.05, 0.1) is 4.99 Å². The van der Waals surface area contributed by atoms with Crippen LogP contribution >= 0.6 is 12.2 Å². The van der Waals surface area contributed by atoms with Crippen LogP contribution in [0.25, 0.3) is 0 Å². The molecule has 2 unspecified atom stereocenters. The van der Waals surface area contributed by atoms with Gasteiger partial charge in [-0.3, -0.25) is 4.79 Å². The van der Waals surface area contributed by atoms with Gasteiger partial charge in [0, 0.05) is 6.04 Å². The number of thiocarbonyl (C=S) groups is 1. The molecule has 0 bridgehead atoms. The number of hydrogen-bond donors (Lipinski definition) is 2. The molecule has 0 radical (unpaired) electrons. The molecule has 0 spiro atoms. The maximum Gasteiger partial charge on any atom is 0.234 e. The lowest BCUT2D eigenvalue weighted by molar-refractivity contribution is -0.122. The lowest BCUT2D eigenvalue weighted by Gasteiger charge is -2.36. The summed E-state index contributed by atoms with van der Waals surface area (Å²) in [6.45, 7) is 4.52. The van der Waals surface area contributed by atoms with Gasteiger partial charge in [0.1, 0.15) is 5.92 Å². The van der Waals surface area contributed by atoms with E-state index in [0.717, 1.165) is 24.8 Å². The minimum absolute atomic E-state index is 0.0728. The summed E-state index contributed by atoms with van der Waals surface area (Å²) in [7, 11) is 0. The SMILES string of the molecule is CC1(C)CCCC(NC(=O)C(C(N)=S)c2ccccc2)C1. The van der Waals surface area contributed by atoms with Crippen LogP contribution in [0.1, 0.15) is 51.0 Å². The third kappa shape index (κ3) is 4.27. The van der Waals surface area contributed by atoms with Crippen molar-refractivity contribution < 1.29 is 4.79 Å². The van der Waals surface area contributed by atoms with E-state index in [1.165, 1.54) is 6.42 Å². The van der Waals surface area contributed by atoms with Crippen LogP contribution < -0.4 is 11.1 Å². The van der Waals surface area contributed by atoms with Gasteiger partial charge in [-0.1, -0.05) is 62.8 Å². The Balaban J connectivity index is 2.08. The molecule has 1 aromatic carbocycles. The van der Waals surface area contributed by atoms with Crippen LogP contribution in [0, 0.1) is 5.41 Å². The number of rotatable bonds is 4. The van der Waals surface area contributed by atoms with E-state index in [0.29, 0.717) is 5.41 Å². The molecule has 1 amide bonds. The molecule has 3 N–H and O–H groups in total. The van der Waals surface area contributed by atoms with Crippen molar-refractivity contribution in [2.75, 3.05) is 0 Å². The molecule has 21 heavy (non-hydrogen) atoms. The van der Waals surface area contributed by atoms with Crippen LogP contribution in [0.15, 0.2) is 30.3 Å². The molecule has 1 aromatic rings. The van der Waals surface area contributed by atoms with Gasteiger partial charge in [-0.05, 0) is 30.2 Å². The van der Waals surface area contributed by atoms with Crippen LogP contribution in [0.5, 0.6) is 0 Å². The lowest BCUT2D eigenvalue weighted by Crippen LogP contribution is -2.45. The van der Waals surface area contributed by atoms with Crippen molar-refractivity contribution in [2.45, 2.75) is 51.5 Å². The van der Waals surface area contributed by atoms with E-state index in [9.17, 15) is 4.79 Å².